The van der Waals surface area contributed by atoms with Crippen molar-refractivity contribution in [2.45, 2.75) is 0 Å². The molecule has 4 nitrogen and oxygen atoms in total. The zero-order chi connectivity index (χ0) is 11.3. The van der Waals surface area contributed by atoms with Crippen LogP contribution in [0.2, 0.25) is 0 Å². The van der Waals surface area contributed by atoms with Crippen LogP contribution in [0, 0.1) is 0 Å². The van der Waals surface area contributed by atoms with Crippen molar-refractivity contribution in [1.29, 1.82) is 0 Å². The van der Waals surface area contributed by atoms with Crippen LogP contribution >= 0.6 is 15.9 Å². The molecular weight excluding hydrogens is 262 g/mol. The molecule has 0 bridgehead atoms. The van der Waals surface area contributed by atoms with E-state index in [1.165, 1.54) is 7.05 Å². The summed E-state index contributed by atoms with van der Waals surface area (Å²) in [5.41, 5.74) is 0.404. The summed E-state index contributed by atoms with van der Waals surface area (Å²) in [6.07, 6.45) is 0. The second-order valence-electron chi connectivity index (χ2n) is 2.73. The summed E-state index contributed by atoms with van der Waals surface area (Å²) < 4.78 is 5.43. The number of esters is 1. The van der Waals surface area contributed by atoms with E-state index < -0.39 is 5.97 Å². The highest BCUT2D eigenvalue weighted by Gasteiger charge is 2.11. The molecule has 15 heavy (non-hydrogen) atoms. The fourth-order valence-corrected chi connectivity index (χ4v) is 1.35. The molecule has 0 fully saturated rings. The first kappa shape index (κ1) is 11.7. The third-order valence-electron chi connectivity index (χ3n) is 1.71. The number of hydrogen-bond donors (Lipinski definition) is 1. The largest absolute Gasteiger partial charge is 0.452 e. The highest BCUT2D eigenvalue weighted by Crippen LogP contribution is 2.16. The van der Waals surface area contributed by atoms with Gasteiger partial charge in [-0.1, -0.05) is 12.1 Å². The lowest BCUT2D eigenvalue weighted by Gasteiger charge is -2.04. The number of halogens is 1. The Morgan fingerprint density at radius 1 is 1.40 bits per heavy atom. The molecule has 0 aliphatic carbocycles. The van der Waals surface area contributed by atoms with Gasteiger partial charge < -0.3 is 10.1 Å². The molecule has 1 aromatic carbocycles. The Bertz CT molecular complexity index is 379. The fourth-order valence-electron chi connectivity index (χ4n) is 0.908. The predicted molar refractivity (Wildman–Crippen MR) is 58.5 cm³/mol. The molecule has 1 aromatic rings. The summed E-state index contributed by atoms with van der Waals surface area (Å²) in [4.78, 5) is 22.3. The van der Waals surface area contributed by atoms with Crippen molar-refractivity contribution >= 4 is 27.8 Å². The maximum absolute atomic E-state index is 11.5. The molecule has 0 spiro atoms. The van der Waals surface area contributed by atoms with Gasteiger partial charge in [-0.25, -0.2) is 4.79 Å². The van der Waals surface area contributed by atoms with Crippen molar-refractivity contribution in [3.8, 4) is 0 Å². The first-order valence-electron chi connectivity index (χ1n) is 4.27. The molecule has 1 N–H and O–H groups in total. The van der Waals surface area contributed by atoms with Gasteiger partial charge >= 0.3 is 5.97 Å². The standard InChI is InChI=1S/C10H10BrNO3/c1-12-9(13)6-15-10(14)7-4-2-3-5-8(7)11/h2-5H,6H2,1H3,(H,12,13). The van der Waals surface area contributed by atoms with Gasteiger partial charge in [0.25, 0.3) is 5.91 Å². The number of ether oxygens (including phenoxy) is 1. The van der Waals surface area contributed by atoms with Crippen LogP contribution in [0.3, 0.4) is 0 Å². The van der Waals surface area contributed by atoms with Crippen LogP contribution < -0.4 is 5.32 Å². The van der Waals surface area contributed by atoms with Gasteiger partial charge in [0.2, 0.25) is 0 Å². The Kier molecular flexibility index (Phi) is 4.30. The topological polar surface area (TPSA) is 55.4 Å². The number of hydrogen-bond acceptors (Lipinski definition) is 3. The quantitative estimate of drug-likeness (QED) is 0.845. The Morgan fingerprint density at radius 2 is 2.07 bits per heavy atom. The van der Waals surface area contributed by atoms with E-state index in [1.807, 2.05) is 0 Å². The van der Waals surface area contributed by atoms with Gasteiger partial charge in [-0.15, -0.1) is 0 Å². The molecule has 0 heterocycles. The van der Waals surface area contributed by atoms with E-state index in [0.717, 1.165) is 0 Å². The van der Waals surface area contributed by atoms with Crippen LogP contribution in [0.1, 0.15) is 10.4 Å². The Morgan fingerprint density at radius 3 is 2.67 bits per heavy atom. The zero-order valence-electron chi connectivity index (χ0n) is 8.12. The third-order valence-corrected chi connectivity index (χ3v) is 2.40. The second kappa shape index (κ2) is 5.50. The van der Waals surface area contributed by atoms with Crippen molar-refractivity contribution in [1.82, 2.24) is 5.32 Å². The van der Waals surface area contributed by atoms with E-state index in [-0.39, 0.29) is 12.5 Å². The van der Waals surface area contributed by atoms with E-state index in [2.05, 4.69) is 21.2 Å². The number of nitrogens with one attached hydrogen (secondary N) is 1. The van der Waals surface area contributed by atoms with Gasteiger partial charge in [0.05, 0.1) is 5.56 Å². The monoisotopic (exact) mass is 271 g/mol. The van der Waals surface area contributed by atoms with Crippen LogP contribution in [0.15, 0.2) is 28.7 Å². The Labute approximate surface area is 95.7 Å². The molecular formula is C10H10BrNO3. The summed E-state index contributed by atoms with van der Waals surface area (Å²) >= 11 is 3.22. The lowest BCUT2D eigenvalue weighted by atomic mass is 10.2. The van der Waals surface area contributed by atoms with E-state index in [4.69, 9.17) is 4.74 Å². The Hall–Kier alpha value is -1.36. The summed E-state index contributed by atoms with van der Waals surface area (Å²) in [5, 5.41) is 2.36. The van der Waals surface area contributed by atoms with E-state index in [0.29, 0.717) is 10.0 Å². The molecule has 0 saturated carbocycles. The molecule has 0 radical (unpaired) electrons. The van der Waals surface area contributed by atoms with Crippen LogP contribution in [-0.2, 0) is 9.53 Å². The number of benzene rings is 1. The number of likely N-dealkylation sites (N-methyl/N-ethyl adjacent to an activating group) is 1. The molecule has 0 aliphatic heterocycles. The SMILES string of the molecule is CNC(=O)COC(=O)c1ccccc1Br. The zero-order valence-corrected chi connectivity index (χ0v) is 9.71. The molecule has 0 saturated heterocycles. The lowest BCUT2D eigenvalue weighted by Crippen LogP contribution is -2.25. The second-order valence-corrected chi connectivity index (χ2v) is 3.58. The molecule has 1 rings (SSSR count). The van der Waals surface area contributed by atoms with Crippen LogP contribution in [0.5, 0.6) is 0 Å². The molecule has 80 valence electrons. The highest BCUT2D eigenvalue weighted by atomic mass is 79.9. The van der Waals surface area contributed by atoms with Crippen LogP contribution in [-0.4, -0.2) is 25.5 Å². The van der Waals surface area contributed by atoms with Crippen LogP contribution in [0.25, 0.3) is 0 Å². The third kappa shape index (κ3) is 3.36. The Balaban J connectivity index is 2.62. The van der Waals surface area contributed by atoms with Crippen LogP contribution in [0.4, 0.5) is 0 Å². The van der Waals surface area contributed by atoms with Crippen molar-refractivity contribution in [3.63, 3.8) is 0 Å². The average Bonchev–Trinajstić information content (AvgIpc) is 2.26. The van der Waals surface area contributed by atoms with E-state index in [1.54, 1.807) is 24.3 Å². The molecule has 0 unspecified atom stereocenters. The van der Waals surface area contributed by atoms with Crippen molar-refractivity contribution in [2.75, 3.05) is 13.7 Å². The molecule has 0 aliphatic rings. The lowest BCUT2D eigenvalue weighted by molar-refractivity contribution is -0.123. The van der Waals surface area contributed by atoms with Gasteiger partial charge in [0.15, 0.2) is 6.61 Å². The highest BCUT2D eigenvalue weighted by molar-refractivity contribution is 9.10. The van der Waals surface area contributed by atoms with Gasteiger partial charge in [-0.3, -0.25) is 4.79 Å². The molecule has 1 amide bonds. The summed E-state index contributed by atoms with van der Waals surface area (Å²) in [6, 6.07) is 6.87. The maximum atomic E-state index is 11.5. The van der Waals surface area contributed by atoms with Gasteiger partial charge in [0.1, 0.15) is 0 Å². The smallest absolute Gasteiger partial charge is 0.339 e. The predicted octanol–water partition coefficient (Wildman–Crippen LogP) is 1.35. The van der Waals surface area contributed by atoms with Gasteiger partial charge in [-0.2, -0.15) is 0 Å². The minimum atomic E-state index is -0.522. The number of carbonyl (C=O) groups is 2. The summed E-state index contributed by atoms with van der Waals surface area (Å²) in [7, 11) is 1.48. The average molecular weight is 272 g/mol. The molecule has 5 heteroatoms. The van der Waals surface area contributed by atoms with Crippen molar-refractivity contribution in [3.05, 3.63) is 34.3 Å². The molecule has 0 atom stereocenters. The van der Waals surface area contributed by atoms with Gasteiger partial charge in [-0.05, 0) is 28.1 Å². The van der Waals surface area contributed by atoms with Crippen molar-refractivity contribution < 1.29 is 14.3 Å². The molecule has 0 aromatic heterocycles. The van der Waals surface area contributed by atoms with E-state index >= 15 is 0 Å². The number of amides is 1. The van der Waals surface area contributed by atoms with Gasteiger partial charge in [0, 0.05) is 11.5 Å². The number of rotatable bonds is 3. The first-order valence-corrected chi connectivity index (χ1v) is 5.06. The van der Waals surface area contributed by atoms with Crippen molar-refractivity contribution in [2.24, 2.45) is 0 Å². The normalized spacial score (nSPS) is 9.47. The summed E-state index contributed by atoms with van der Waals surface area (Å²) in [6.45, 7) is -0.267. The fraction of sp³-hybridized carbons (Fsp3) is 0.200. The minimum absolute atomic E-state index is 0.267. The minimum Gasteiger partial charge on any atom is -0.452 e. The number of carbonyl (C=O) groups excluding carboxylic acids is 2. The first-order chi connectivity index (χ1) is 7.15. The summed E-state index contributed by atoms with van der Waals surface area (Å²) in [5.74, 6) is -0.860. The maximum Gasteiger partial charge on any atom is 0.339 e. The van der Waals surface area contributed by atoms with E-state index in [9.17, 15) is 9.59 Å².